The molecule has 1 heterocycles. The zero-order valence-electron chi connectivity index (χ0n) is 14.5. The number of carbonyl (C=O) groups excluding carboxylic acids is 1. The number of para-hydroxylation sites is 2. The highest BCUT2D eigenvalue weighted by Crippen LogP contribution is 2.33. The summed E-state index contributed by atoms with van der Waals surface area (Å²) in [6.45, 7) is 2.30. The lowest BCUT2D eigenvalue weighted by Crippen LogP contribution is -2.39. The molecule has 0 saturated heterocycles. The van der Waals surface area contributed by atoms with Crippen molar-refractivity contribution in [2.45, 2.75) is 24.7 Å². The van der Waals surface area contributed by atoms with Gasteiger partial charge >= 0.3 is 0 Å². The number of carbonyl (C=O) groups is 1. The average Bonchev–Trinajstić information content (AvgIpc) is 2.62. The molecule has 3 rings (SSSR count). The van der Waals surface area contributed by atoms with Crippen LogP contribution in [0.25, 0.3) is 0 Å². The highest BCUT2D eigenvalue weighted by molar-refractivity contribution is 7.89. The molecule has 2 aromatic carbocycles. The molecule has 0 bridgehead atoms. The van der Waals surface area contributed by atoms with Crippen molar-refractivity contribution in [3.05, 3.63) is 66.5 Å². The zero-order valence-corrected chi connectivity index (χ0v) is 15.3. The molecule has 26 heavy (non-hydrogen) atoms. The van der Waals surface area contributed by atoms with E-state index in [-0.39, 0.29) is 10.7 Å². The van der Waals surface area contributed by atoms with E-state index in [4.69, 9.17) is 0 Å². The molecule has 0 spiro atoms. The molecule has 0 unspecified atom stereocenters. The first kappa shape index (κ1) is 18.0. The van der Waals surface area contributed by atoms with E-state index in [0.717, 1.165) is 6.42 Å². The van der Waals surface area contributed by atoms with Crippen LogP contribution in [0.5, 0.6) is 0 Å². The lowest BCUT2D eigenvalue weighted by Gasteiger charge is -2.33. The molecule has 7 heteroatoms. The number of nitrogens with one attached hydrogen (secondary N) is 2. The quantitative estimate of drug-likeness (QED) is 0.790. The van der Waals surface area contributed by atoms with Crippen LogP contribution in [-0.2, 0) is 14.8 Å². The molecule has 0 atom stereocenters. The Kier molecular flexibility index (Phi) is 5.27. The fraction of sp³-hybridized carbons (Fsp3) is 0.211. The molecule has 1 aliphatic heterocycles. The molecular weight excluding hydrogens is 350 g/mol. The third-order valence-corrected chi connectivity index (χ3v) is 5.88. The lowest BCUT2D eigenvalue weighted by atomic mass is 10.3. The van der Waals surface area contributed by atoms with Crippen LogP contribution in [0.4, 0.5) is 11.4 Å². The fourth-order valence-electron chi connectivity index (χ4n) is 2.72. The predicted molar refractivity (Wildman–Crippen MR) is 102 cm³/mol. The van der Waals surface area contributed by atoms with Gasteiger partial charge in [0, 0.05) is 18.3 Å². The minimum absolute atomic E-state index is 0.219. The Hall–Kier alpha value is -2.80. The van der Waals surface area contributed by atoms with Crippen molar-refractivity contribution in [3.63, 3.8) is 0 Å². The van der Waals surface area contributed by atoms with Crippen molar-refractivity contribution in [2.75, 3.05) is 17.2 Å². The zero-order chi connectivity index (χ0) is 18.6. The molecule has 0 fully saturated rings. The molecule has 6 nitrogen and oxygen atoms in total. The van der Waals surface area contributed by atoms with Crippen molar-refractivity contribution < 1.29 is 13.2 Å². The van der Waals surface area contributed by atoms with Crippen molar-refractivity contribution in [1.82, 2.24) is 4.31 Å². The monoisotopic (exact) mass is 371 g/mol. The summed E-state index contributed by atoms with van der Waals surface area (Å²) in [4.78, 5) is 12.6. The summed E-state index contributed by atoms with van der Waals surface area (Å²) in [6.07, 6.45) is 2.83. The Balaban J connectivity index is 1.94. The van der Waals surface area contributed by atoms with Crippen LogP contribution in [0, 0.1) is 0 Å². The van der Waals surface area contributed by atoms with E-state index in [1.807, 2.05) is 25.1 Å². The van der Waals surface area contributed by atoms with Gasteiger partial charge in [-0.2, -0.15) is 0 Å². The Morgan fingerprint density at radius 1 is 1.12 bits per heavy atom. The number of sulfonamides is 1. The van der Waals surface area contributed by atoms with E-state index in [1.54, 1.807) is 36.4 Å². The van der Waals surface area contributed by atoms with Crippen LogP contribution in [-0.4, -0.2) is 25.2 Å². The summed E-state index contributed by atoms with van der Waals surface area (Å²) >= 11 is 0. The van der Waals surface area contributed by atoms with Crippen LogP contribution in [0.2, 0.25) is 0 Å². The minimum atomic E-state index is -3.70. The Labute approximate surface area is 153 Å². The second kappa shape index (κ2) is 7.61. The molecule has 136 valence electrons. The summed E-state index contributed by atoms with van der Waals surface area (Å²) in [6, 6.07) is 15.7. The molecule has 0 aliphatic carbocycles. The Bertz CT molecular complexity index is 924. The average molecular weight is 371 g/mol. The first-order chi connectivity index (χ1) is 12.5. The highest BCUT2D eigenvalue weighted by atomic mass is 32.2. The van der Waals surface area contributed by atoms with Crippen molar-refractivity contribution in [1.29, 1.82) is 0 Å². The number of amides is 1. The Morgan fingerprint density at radius 3 is 2.54 bits per heavy atom. The van der Waals surface area contributed by atoms with Gasteiger partial charge in [0.25, 0.3) is 15.9 Å². The summed E-state index contributed by atoms with van der Waals surface area (Å²) in [5.41, 5.74) is 1.12. The summed E-state index contributed by atoms with van der Waals surface area (Å²) < 4.78 is 27.2. The van der Waals surface area contributed by atoms with Gasteiger partial charge < -0.3 is 10.6 Å². The van der Waals surface area contributed by atoms with Gasteiger partial charge in [0.05, 0.1) is 5.69 Å². The number of rotatable bonds is 5. The molecular formula is C19H21N3O3S. The molecule has 0 radical (unpaired) electrons. The van der Waals surface area contributed by atoms with Crippen LogP contribution < -0.4 is 10.6 Å². The topological polar surface area (TPSA) is 78.5 Å². The summed E-state index contributed by atoms with van der Waals surface area (Å²) in [7, 11) is -3.70. The standard InChI is InChI=1S/C19H21N3O3S/c1-2-3-13-22-18(14-19(23)20-15-9-5-4-6-10-15)21-16-11-7-8-12-17(16)26(22,24)25/h4-12,14,21H,2-3,13H2,1H3,(H,20,23)/b18-14-. The number of hydrogen-bond donors (Lipinski definition) is 2. The lowest BCUT2D eigenvalue weighted by molar-refractivity contribution is -0.112. The molecule has 1 amide bonds. The van der Waals surface area contributed by atoms with Gasteiger partial charge in [-0.1, -0.05) is 43.7 Å². The Morgan fingerprint density at radius 2 is 1.81 bits per heavy atom. The molecule has 1 aliphatic rings. The number of hydrogen-bond acceptors (Lipinski definition) is 4. The maximum Gasteiger partial charge on any atom is 0.267 e. The van der Waals surface area contributed by atoms with E-state index in [0.29, 0.717) is 24.3 Å². The predicted octanol–water partition coefficient (Wildman–Crippen LogP) is 3.38. The first-order valence-electron chi connectivity index (χ1n) is 8.49. The molecule has 0 aromatic heterocycles. The number of fused-ring (bicyclic) bond motifs is 1. The second-order valence-corrected chi connectivity index (χ2v) is 7.77. The first-order valence-corrected chi connectivity index (χ1v) is 9.93. The van der Waals surface area contributed by atoms with E-state index in [1.165, 1.54) is 10.4 Å². The van der Waals surface area contributed by atoms with Gasteiger partial charge in [-0.3, -0.25) is 9.10 Å². The van der Waals surface area contributed by atoms with Crippen molar-refractivity contribution in [3.8, 4) is 0 Å². The number of nitrogens with zero attached hydrogens (tertiary/aromatic N) is 1. The van der Waals surface area contributed by atoms with Crippen LogP contribution >= 0.6 is 0 Å². The third kappa shape index (κ3) is 3.72. The highest BCUT2D eigenvalue weighted by Gasteiger charge is 2.33. The third-order valence-electron chi connectivity index (χ3n) is 4.01. The maximum atomic E-state index is 13.0. The SMILES string of the molecule is CCCCN1/C(=C\C(=O)Nc2ccccc2)Nc2ccccc2S1(=O)=O. The van der Waals surface area contributed by atoms with Gasteiger partial charge in [0.1, 0.15) is 10.7 Å². The second-order valence-electron chi connectivity index (χ2n) is 5.94. The van der Waals surface area contributed by atoms with Crippen molar-refractivity contribution in [2.24, 2.45) is 0 Å². The minimum Gasteiger partial charge on any atom is -0.340 e. The van der Waals surface area contributed by atoms with Crippen LogP contribution in [0.15, 0.2) is 71.4 Å². The van der Waals surface area contributed by atoms with Gasteiger partial charge in [0.15, 0.2) is 0 Å². The van der Waals surface area contributed by atoms with Crippen LogP contribution in [0.1, 0.15) is 19.8 Å². The van der Waals surface area contributed by atoms with Gasteiger partial charge in [-0.15, -0.1) is 0 Å². The number of unbranched alkanes of at least 4 members (excludes halogenated alkanes) is 1. The number of benzene rings is 2. The fourth-order valence-corrected chi connectivity index (χ4v) is 4.33. The normalized spacial score (nSPS) is 16.7. The molecule has 2 N–H and O–H groups in total. The van der Waals surface area contributed by atoms with Crippen LogP contribution in [0.3, 0.4) is 0 Å². The molecule has 2 aromatic rings. The van der Waals surface area contributed by atoms with Gasteiger partial charge in [-0.25, -0.2) is 8.42 Å². The maximum absolute atomic E-state index is 13.0. The number of anilines is 2. The van der Waals surface area contributed by atoms with Gasteiger partial charge in [0.2, 0.25) is 0 Å². The van der Waals surface area contributed by atoms with E-state index < -0.39 is 15.9 Å². The smallest absolute Gasteiger partial charge is 0.267 e. The van der Waals surface area contributed by atoms with Gasteiger partial charge in [-0.05, 0) is 30.7 Å². The summed E-state index contributed by atoms with van der Waals surface area (Å²) in [5, 5.41) is 5.82. The van der Waals surface area contributed by atoms with E-state index in [9.17, 15) is 13.2 Å². The van der Waals surface area contributed by atoms with E-state index in [2.05, 4.69) is 10.6 Å². The van der Waals surface area contributed by atoms with E-state index >= 15 is 0 Å². The molecule has 0 saturated carbocycles. The summed E-state index contributed by atoms with van der Waals surface area (Å²) in [5.74, 6) is -0.139. The van der Waals surface area contributed by atoms with Crippen molar-refractivity contribution >= 4 is 27.3 Å². The largest absolute Gasteiger partial charge is 0.340 e.